The van der Waals surface area contributed by atoms with E-state index in [1.165, 1.54) is 0 Å². The number of aliphatic hydroxyl groups is 1. The molecule has 96 valence electrons. The first-order valence-corrected chi connectivity index (χ1v) is 5.37. The molecule has 5 nitrogen and oxygen atoms in total. The highest BCUT2D eigenvalue weighted by atomic mass is 16.4. The van der Waals surface area contributed by atoms with Crippen LogP contribution in [0.15, 0.2) is 42.5 Å². The molecule has 0 aromatic heterocycles. The van der Waals surface area contributed by atoms with Gasteiger partial charge in [-0.2, -0.15) is 0 Å². The standard InChI is InChI=1S/C13H15NO4/c1-13(9-15,10-5-3-2-4-6-10)14-11(16)7-8-12(17)18/h2-8,15H,9H2,1H3,(H,14,16)(H,17,18)/b8-7+. The van der Waals surface area contributed by atoms with Gasteiger partial charge in [-0.15, -0.1) is 0 Å². The Morgan fingerprint density at radius 1 is 1.28 bits per heavy atom. The van der Waals surface area contributed by atoms with Gasteiger partial charge in [-0.05, 0) is 12.5 Å². The van der Waals surface area contributed by atoms with Gasteiger partial charge in [-0.25, -0.2) is 4.79 Å². The lowest BCUT2D eigenvalue weighted by atomic mass is 9.93. The summed E-state index contributed by atoms with van der Waals surface area (Å²) < 4.78 is 0. The fourth-order valence-electron chi connectivity index (χ4n) is 1.47. The van der Waals surface area contributed by atoms with Crippen molar-refractivity contribution in [2.24, 2.45) is 0 Å². The number of carbonyl (C=O) groups excluding carboxylic acids is 1. The summed E-state index contributed by atoms with van der Waals surface area (Å²) >= 11 is 0. The normalized spacial score (nSPS) is 14.1. The largest absolute Gasteiger partial charge is 0.478 e. The van der Waals surface area contributed by atoms with Crippen LogP contribution in [0.3, 0.4) is 0 Å². The summed E-state index contributed by atoms with van der Waals surface area (Å²) in [4.78, 5) is 21.8. The first kappa shape index (κ1) is 13.9. The second-order valence-electron chi connectivity index (χ2n) is 4.02. The van der Waals surface area contributed by atoms with Gasteiger partial charge in [-0.3, -0.25) is 4.79 Å². The SMILES string of the molecule is CC(CO)(NC(=O)/C=C/C(=O)O)c1ccccc1. The van der Waals surface area contributed by atoms with Crippen molar-refractivity contribution in [3.8, 4) is 0 Å². The molecule has 1 unspecified atom stereocenters. The highest BCUT2D eigenvalue weighted by Crippen LogP contribution is 2.19. The van der Waals surface area contributed by atoms with Gasteiger partial charge >= 0.3 is 5.97 Å². The maximum absolute atomic E-state index is 11.5. The number of aliphatic carboxylic acids is 1. The van der Waals surface area contributed by atoms with E-state index >= 15 is 0 Å². The Bertz CT molecular complexity index is 455. The average Bonchev–Trinajstić information content (AvgIpc) is 2.37. The second kappa shape index (κ2) is 5.97. The summed E-state index contributed by atoms with van der Waals surface area (Å²) in [7, 11) is 0. The molecule has 0 aliphatic rings. The maximum Gasteiger partial charge on any atom is 0.328 e. The smallest absolute Gasteiger partial charge is 0.328 e. The summed E-state index contributed by atoms with van der Waals surface area (Å²) in [5.41, 5.74) is -0.203. The summed E-state index contributed by atoms with van der Waals surface area (Å²) in [5.74, 6) is -1.77. The third-order valence-electron chi connectivity index (χ3n) is 2.50. The van der Waals surface area contributed by atoms with Crippen LogP contribution < -0.4 is 5.32 Å². The van der Waals surface area contributed by atoms with Gasteiger partial charge in [0.2, 0.25) is 5.91 Å². The van der Waals surface area contributed by atoms with Crippen molar-refractivity contribution in [1.82, 2.24) is 5.32 Å². The summed E-state index contributed by atoms with van der Waals surface area (Å²) in [6.07, 6.45) is 1.66. The minimum Gasteiger partial charge on any atom is -0.478 e. The Labute approximate surface area is 105 Å². The molecule has 1 aromatic carbocycles. The first-order chi connectivity index (χ1) is 8.48. The number of benzene rings is 1. The van der Waals surface area contributed by atoms with Crippen molar-refractivity contribution >= 4 is 11.9 Å². The molecule has 0 bridgehead atoms. The Morgan fingerprint density at radius 2 is 1.89 bits per heavy atom. The molecule has 5 heteroatoms. The number of carboxylic acid groups (broad SMARTS) is 1. The topological polar surface area (TPSA) is 86.6 Å². The van der Waals surface area contributed by atoms with Crippen molar-refractivity contribution in [1.29, 1.82) is 0 Å². The molecule has 1 rings (SSSR count). The molecule has 0 radical (unpaired) electrons. The van der Waals surface area contributed by atoms with Crippen LogP contribution in [0.2, 0.25) is 0 Å². The maximum atomic E-state index is 11.5. The van der Waals surface area contributed by atoms with Gasteiger partial charge in [0.1, 0.15) is 0 Å². The molecule has 0 saturated heterocycles. The quantitative estimate of drug-likeness (QED) is 0.669. The second-order valence-corrected chi connectivity index (χ2v) is 4.02. The summed E-state index contributed by atoms with van der Waals surface area (Å²) in [5, 5.41) is 20.4. The van der Waals surface area contributed by atoms with Crippen molar-refractivity contribution in [3.05, 3.63) is 48.0 Å². The minimum absolute atomic E-state index is 0.288. The van der Waals surface area contributed by atoms with Crippen LogP contribution in [0.4, 0.5) is 0 Å². The van der Waals surface area contributed by atoms with Gasteiger partial charge in [-0.1, -0.05) is 30.3 Å². The zero-order valence-electron chi connectivity index (χ0n) is 9.96. The van der Waals surface area contributed by atoms with Gasteiger partial charge in [0, 0.05) is 12.2 Å². The molecule has 0 saturated carbocycles. The number of carboxylic acids is 1. The molecule has 1 amide bonds. The summed E-state index contributed by atoms with van der Waals surface area (Å²) in [6.45, 7) is 1.37. The molecule has 1 atom stereocenters. The highest BCUT2D eigenvalue weighted by Gasteiger charge is 2.26. The molecular weight excluding hydrogens is 234 g/mol. The number of rotatable bonds is 5. The van der Waals surface area contributed by atoms with E-state index in [1.807, 2.05) is 6.07 Å². The fourth-order valence-corrected chi connectivity index (χ4v) is 1.47. The Hall–Kier alpha value is -2.14. The van der Waals surface area contributed by atoms with E-state index in [4.69, 9.17) is 5.11 Å². The molecule has 18 heavy (non-hydrogen) atoms. The van der Waals surface area contributed by atoms with E-state index < -0.39 is 17.4 Å². The fraction of sp³-hybridized carbons (Fsp3) is 0.231. The predicted molar refractivity (Wildman–Crippen MR) is 65.8 cm³/mol. The number of carbonyl (C=O) groups is 2. The van der Waals surface area contributed by atoms with Crippen LogP contribution in [0.5, 0.6) is 0 Å². The van der Waals surface area contributed by atoms with Crippen LogP contribution in [0.25, 0.3) is 0 Å². The minimum atomic E-state index is -1.20. The van der Waals surface area contributed by atoms with Gasteiger partial charge in [0.15, 0.2) is 0 Å². The van der Waals surface area contributed by atoms with Crippen LogP contribution in [0, 0.1) is 0 Å². The molecule has 0 aliphatic carbocycles. The highest BCUT2D eigenvalue weighted by molar-refractivity contribution is 5.94. The van der Waals surface area contributed by atoms with Crippen LogP contribution in [-0.4, -0.2) is 28.7 Å². The molecule has 0 fully saturated rings. The summed E-state index contributed by atoms with van der Waals surface area (Å²) in [6, 6.07) is 8.97. The van der Waals surface area contributed by atoms with Gasteiger partial charge in [0.05, 0.1) is 12.1 Å². The van der Waals surface area contributed by atoms with Crippen LogP contribution >= 0.6 is 0 Å². The number of aliphatic hydroxyl groups excluding tert-OH is 1. The molecule has 0 aliphatic heterocycles. The molecule has 1 aromatic rings. The molecule has 0 spiro atoms. The van der Waals surface area contributed by atoms with E-state index in [9.17, 15) is 14.7 Å². The van der Waals surface area contributed by atoms with Crippen molar-refractivity contribution in [2.45, 2.75) is 12.5 Å². The number of hydrogen-bond acceptors (Lipinski definition) is 3. The number of amides is 1. The lowest BCUT2D eigenvalue weighted by Crippen LogP contribution is -2.45. The molecular formula is C13H15NO4. The third kappa shape index (κ3) is 3.71. The van der Waals surface area contributed by atoms with Crippen molar-refractivity contribution in [2.75, 3.05) is 6.61 Å². The Morgan fingerprint density at radius 3 is 2.39 bits per heavy atom. The van der Waals surface area contributed by atoms with Gasteiger partial charge < -0.3 is 15.5 Å². The average molecular weight is 249 g/mol. The van der Waals surface area contributed by atoms with E-state index in [2.05, 4.69) is 5.32 Å². The van der Waals surface area contributed by atoms with Gasteiger partial charge in [0.25, 0.3) is 0 Å². The van der Waals surface area contributed by atoms with E-state index in [1.54, 1.807) is 31.2 Å². The lowest BCUT2D eigenvalue weighted by Gasteiger charge is -2.28. The zero-order chi connectivity index (χ0) is 13.6. The van der Waals surface area contributed by atoms with Crippen molar-refractivity contribution < 1.29 is 19.8 Å². The van der Waals surface area contributed by atoms with E-state index in [-0.39, 0.29) is 6.61 Å². The first-order valence-electron chi connectivity index (χ1n) is 5.37. The zero-order valence-corrected chi connectivity index (χ0v) is 9.96. The van der Waals surface area contributed by atoms with Crippen LogP contribution in [-0.2, 0) is 15.1 Å². The third-order valence-corrected chi connectivity index (χ3v) is 2.50. The number of hydrogen-bond donors (Lipinski definition) is 3. The van der Waals surface area contributed by atoms with E-state index in [0.29, 0.717) is 0 Å². The molecule has 0 heterocycles. The number of nitrogens with one attached hydrogen (secondary N) is 1. The van der Waals surface area contributed by atoms with Crippen LogP contribution in [0.1, 0.15) is 12.5 Å². The van der Waals surface area contributed by atoms with E-state index in [0.717, 1.165) is 17.7 Å². The Balaban J connectivity index is 2.84. The Kier molecular flexibility index (Phi) is 4.62. The van der Waals surface area contributed by atoms with Crippen molar-refractivity contribution in [3.63, 3.8) is 0 Å². The predicted octanol–water partition coefficient (Wildman–Crippen LogP) is 0.651. The molecule has 3 N–H and O–H groups in total. The lowest BCUT2D eigenvalue weighted by molar-refractivity contribution is -0.131. The monoisotopic (exact) mass is 249 g/mol.